The highest BCUT2D eigenvalue weighted by atomic mass is 14.7. The second-order valence-corrected chi connectivity index (χ2v) is 10.3. The first-order valence-electron chi connectivity index (χ1n) is 9.34. The molecule has 0 N–H and O–H groups in total. The third-order valence-corrected chi connectivity index (χ3v) is 9.60. The van der Waals surface area contributed by atoms with Crippen LogP contribution < -0.4 is 0 Å². The molecule has 118 valence electrons. The summed E-state index contributed by atoms with van der Waals surface area (Å²) in [5, 5.41) is 0. The fraction of sp³-hybridized carbons (Fsp3) is 0.727. The standard InChI is InChI=1S/C22H30/c1-19(2)14-9-12-22(19,6)18-13(14)7-8-16-17(18)15-10-11-21(16,5)20(15,3)4/h7-8,14-15H,9-12H2,1-6H3/t14-,15-,21+,22+/m1/s1. The lowest BCUT2D eigenvalue weighted by Crippen LogP contribution is -2.32. The number of benzene rings is 1. The molecule has 0 heterocycles. The normalized spacial score (nSPS) is 45.2. The zero-order valence-corrected chi connectivity index (χ0v) is 15.1. The summed E-state index contributed by atoms with van der Waals surface area (Å²) in [5.74, 6) is 1.60. The lowest BCUT2D eigenvalue weighted by molar-refractivity contribution is 0.223. The van der Waals surface area contributed by atoms with Crippen LogP contribution in [0, 0.1) is 10.8 Å². The molecule has 4 atom stereocenters. The summed E-state index contributed by atoms with van der Waals surface area (Å²) < 4.78 is 0. The van der Waals surface area contributed by atoms with Crippen molar-refractivity contribution in [3.8, 4) is 0 Å². The van der Waals surface area contributed by atoms with Crippen LogP contribution in [0.3, 0.4) is 0 Å². The minimum atomic E-state index is 0.407. The van der Waals surface area contributed by atoms with E-state index in [0.29, 0.717) is 21.7 Å². The molecule has 0 unspecified atom stereocenters. The van der Waals surface area contributed by atoms with Crippen LogP contribution in [0.2, 0.25) is 0 Å². The van der Waals surface area contributed by atoms with E-state index in [1.165, 1.54) is 25.7 Å². The molecule has 4 aliphatic carbocycles. The van der Waals surface area contributed by atoms with Crippen LogP contribution in [0.15, 0.2) is 12.1 Å². The third-order valence-electron chi connectivity index (χ3n) is 9.60. The fourth-order valence-electron chi connectivity index (χ4n) is 7.37. The predicted octanol–water partition coefficient (Wildman–Crippen LogP) is 6.04. The van der Waals surface area contributed by atoms with Crippen LogP contribution in [0.1, 0.15) is 101 Å². The summed E-state index contributed by atoms with van der Waals surface area (Å²) in [6, 6.07) is 5.07. The van der Waals surface area contributed by atoms with Gasteiger partial charge >= 0.3 is 0 Å². The van der Waals surface area contributed by atoms with Gasteiger partial charge in [-0.05, 0) is 81.4 Å². The van der Waals surface area contributed by atoms with E-state index in [-0.39, 0.29) is 0 Å². The first kappa shape index (κ1) is 13.6. The SMILES string of the molecule is CC1(C)[C@@H]2CC[C@@]1(C)c1ccc3c(c12)[C@]1(C)CC[C@H]3C1(C)C. The number of rotatable bonds is 0. The Hall–Kier alpha value is -0.780. The summed E-state index contributed by atoms with van der Waals surface area (Å²) in [6.07, 6.45) is 5.60. The first-order valence-corrected chi connectivity index (χ1v) is 9.34. The number of hydrogen-bond acceptors (Lipinski definition) is 0. The summed E-state index contributed by atoms with van der Waals surface area (Å²) >= 11 is 0. The number of fused-ring (bicyclic) bond motifs is 11. The Morgan fingerprint density at radius 2 is 1.36 bits per heavy atom. The molecule has 0 heteroatoms. The van der Waals surface area contributed by atoms with Crippen molar-refractivity contribution in [2.45, 2.75) is 89.9 Å². The molecular weight excluding hydrogens is 264 g/mol. The maximum absolute atomic E-state index is 2.58. The highest BCUT2D eigenvalue weighted by Gasteiger charge is 2.65. The molecule has 4 bridgehead atoms. The second-order valence-electron chi connectivity index (χ2n) is 10.3. The topological polar surface area (TPSA) is 0 Å². The molecule has 4 aliphatic rings. The fourth-order valence-corrected chi connectivity index (χ4v) is 7.37. The van der Waals surface area contributed by atoms with E-state index >= 15 is 0 Å². The van der Waals surface area contributed by atoms with Crippen LogP contribution in [0.5, 0.6) is 0 Å². The largest absolute Gasteiger partial charge is 0.0585 e. The van der Waals surface area contributed by atoms with Gasteiger partial charge < -0.3 is 0 Å². The Kier molecular flexibility index (Phi) is 2.08. The Labute approximate surface area is 135 Å². The summed E-state index contributed by atoms with van der Waals surface area (Å²) in [5.41, 5.74) is 8.77. The molecule has 5 rings (SSSR count). The molecule has 0 spiro atoms. The van der Waals surface area contributed by atoms with Crippen LogP contribution in [-0.2, 0) is 10.8 Å². The van der Waals surface area contributed by atoms with E-state index in [9.17, 15) is 0 Å². The first-order chi connectivity index (χ1) is 10.2. The molecule has 1 aromatic rings. The molecule has 0 amide bonds. The van der Waals surface area contributed by atoms with E-state index in [2.05, 4.69) is 53.7 Å². The van der Waals surface area contributed by atoms with Gasteiger partial charge in [0.2, 0.25) is 0 Å². The summed E-state index contributed by atoms with van der Waals surface area (Å²) in [4.78, 5) is 0. The van der Waals surface area contributed by atoms with E-state index in [1.807, 2.05) is 11.1 Å². The Morgan fingerprint density at radius 3 is 2.09 bits per heavy atom. The van der Waals surface area contributed by atoms with Crippen molar-refractivity contribution < 1.29 is 0 Å². The third kappa shape index (κ3) is 1.04. The quantitative estimate of drug-likeness (QED) is 0.547. The Morgan fingerprint density at radius 1 is 0.773 bits per heavy atom. The van der Waals surface area contributed by atoms with E-state index in [4.69, 9.17) is 0 Å². The molecule has 0 nitrogen and oxygen atoms in total. The van der Waals surface area contributed by atoms with Gasteiger partial charge in [-0.1, -0.05) is 53.7 Å². The van der Waals surface area contributed by atoms with Gasteiger partial charge in [0.25, 0.3) is 0 Å². The second kappa shape index (κ2) is 3.35. The molecule has 0 aliphatic heterocycles. The minimum Gasteiger partial charge on any atom is -0.0585 e. The Bertz CT molecular complexity index is 707. The van der Waals surface area contributed by atoms with Gasteiger partial charge in [0.05, 0.1) is 0 Å². The van der Waals surface area contributed by atoms with Gasteiger partial charge in [0, 0.05) is 0 Å². The lowest BCUT2D eigenvalue weighted by atomic mass is 9.66. The lowest BCUT2D eigenvalue weighted by Gasteiger charge is -2.38. The monoisotopic (exact) mass is 294 g/mol. The molecule has 1 aromatic carbocycles. The van der Waals surface area contributed by atoms with Gasteiger partial charge in [-0.15, -0.1) is 0 Å². The molecular formula is C22H30. The van der Waals surface area contributed by atoms with Crippen molar-refractivity contribution >= 4 is 0 Å². The average molecular weight is 294 g/mol. The van der Waals surface area contributed by atoms with Gasteiger partial charge in [-0.3, -0.25) is 0 Å². The van der Waals surface area contributed by atoms with Crippen LogP contribution in [-0.4, -0.2) is 0 Å². The molecule has 0 aromatic heterocycles. The average Bonchev–Trinajstić information content (AvgIpc) is 2.95. The maximum Gasteiger partial charge on any atom is -0.00123 e. The summed E-state index contributed by atoms with van der Waals surface area (Å²) in [7, 11) is 0. The number of hydrogen-bond donors (Lipinski definition) is 0. The van der Waals surface area contributed by atoms with Crippen molar-refractivity contribution in [2.24, 2.45) is 10.8 Å². The molecule has 22 heavy (non-hydrogen) atoms. The van der Waals surface area contributed by atoms with Gasteiger partial charge in [0.1, 0.15) is 0 Å². The van der Waals surface area contributed by atoms with Gasteiger partial charge in [-0.2, -0.15) is 0 Å². The smallest absolute Gasteiger partial charge is 0.00123 e. The maximum atomic E-state index is 2.58. The van der Waals surface area contributed by atoms with Crippen LogP contribution in [0.25, 0.3) is 0 Å². The highest BCUT2D eigenvalue weighted by molar-refractivity contribution is 5.62. The van der Waals surface area contributed by atoms with Crippen LogP contribution >= 0.6 is 0 Å². The molecule has 0 radical (unpaired) electrons. The van der Waals surface area contributed by atoms with Crippen molar-refractivity contribution in [3.63, 3.8) is 0 Å². The zero-order chi connectivity index (χ0) is 15.7. The van der Waals surface area contributed by atoms with Crippen molar-refractivity contribution in [2.75, 3.05) is 0 Å². The van der Waals surface area contributed by atoms with E-state index in [0.717, 1.165) is 11.8 Å². The van der Waals surface area contributed by atoms with E-state index < -0.39 is 0 Å². The van der Waals surface area contributed by atoms with Crippen molar-refractivity contribution in [1.82, 2.24) is 0 Å². The molecule has 2 fully saturated rings. The zero-order valence-electron chi connectivity index (χ0n) is 15.1. The van der Waals surface area contributed by atoms with Crippen molar-refractivity contribution in [1.29, 1.82) is 0 Å². The molecule has 2 saturated carbocycles. The van der Waals surface area contributed by atoms with Crippen molar-refractivity contribution in [3.05, 3.63) is 34.4 Å². The minimum absolute atomic E-state index is 0.407. The van der Waals surface area contributed by atoms with Crippen LogP contribution in [0.4, 0.5) is 0 Å². The van der Waals surface area contributed by atoms with Gasteiger partial charge in [-0.25, -0.2) is 0 Å². The molecule has 0 saturated heterocycles. The summed E-state index contributed by atoms with van der Waals surface area (Å²) in [6.45, 7) is 15.3. The van der Waals surface area contributed by atoms with Gasteiger partial charge in [0.15, 0.2) is 0 Å². The highest BCUT2D eigenvalue weighted by Crippen LogP contribution is 2.74. The Balaban J connectivity index is 1.86. The predicted molar refractivity (Wildman–Crippen MR) is 92.7 cm³/mol. The van der Waals surface area contributed by atoms with E-state index in [1.54, 1.807) is 11.1 Å².